The molecule has 0 aliphatic rings. The van der Waals surface area contributed by atoms with Crippen LogP contribution in [-0.2, 0) is 0 Å². The summed E-state index contributed by atoms with van der Waals surface area (Å²) in [5.74, 6) is 6.96. The van der Waals surface area contributed by atoms with Crippen LogP contribution in [0.4, 0.5) is 0 Å². The van der Waals surface area contributed by atoms with E-state index in [0.717, 1.165) is 11.1 Å². The van der Waals surface area contributed by atoms with Crippen molar-refractivity contribution in [3.05, 3.63) is 47.5 Å². The van der Waals surface area contributed by atoms with Crippen LogP contribution in [0.1, 0.15) is 11.1 Å². The maximum Gasteiger partial charge on any atom is 0.129 e. The zero-order chi connectivity index (χ0) is 22.1. The van der Waals surface area contributed by atoms with E-state index in [1.54, 1.807) is 23.5 Å². The third kappa shape index (κ3) is 5.77. The number of fused-ring (bicyclic) bond motifs is 2. The largest absolute Gasteiger partial charge is 0.129 e. The third-order valence-corrected chi connectivity index (χ3v) is 7.88. The molecule has 0 amide bonds. The smallest absolute Gasteiger partial charge is 0.128 e. The molecule has 154 valence electrons. The van der Waals surface area contributed by atoms with Crippen LogP contribution in [0.15, 0.2) is 46.2 Å². The van der Waals surface area contributed by atoms with Crippen LogP contribution in [0.5, 0.6) is 0 Å². The second-order valence-corrected chi connectivity index (χ2v) is 20.8. The van der Waals surface area contributed by atoms with E-state index in [1.807, 2.05) is 0 Å². The molecule has 0 bridgehead atoms. The summed E-state index contributed by atoms with van der Waals surface area (Å²) in [7, 11) is -2.82. The molecule has 3 aromatic carbocycles. The van der Waals surface area contributed by atoms with Gasteiger partial charge < -0.3 is 0 Å². The van der Waals surface area contributed by atoms with Gasteiger partial charge in [0.05, 0.1) is 0 Å². The Morgan fingerprint density at radius 3 is 1.17 bits per heavy atom. The standard InChI is InChI=1S/C26H30S2Si2/c1-27-25-17-23-15-22-14-20(10-12-30(6,7)8)26(28-2)18-24(22)16-21(23)13-19(25)9-11-29(3,4)5/h13-18H,1-8H3. The number of thioether (sulfide) groups is 2. The molecule has 0 fully saturated rings. The monoisotopic (exact) mass is 462 g/mol. The Morgan fingerprint density at radius 1 is 0.533 bits per heavy atom. The number of benzene rings is 3. The summed E-state index contributed by atoms with van der Waals surface area (Å²) in [5.41, 5.74) is 9.36. The highest BCUT2D eigenvalue weighted by Gasteiger charge is 2.11. The highest BCUT2D eigenvalue weighted by molar-refractivity contribution is 7.98. The molecule has 0 nitrogen and oxygen atoms in total. The first kappa shape index (κ1) is 23.1. The minimum atomic E-state index is -1.41. The summed E-state index contributed by atoms with van der Waals surface area (Å²) in [6, 6.07) is 13.7. The van der Waals surface area contributed by atoms with E-state index >= 15 is 0 Å². The maximum atomic E-state index is 3.53. The van der Waals surface area contributed by atoms with Gasteiger partial charge in [-0.1, -0.05) is 51.1 Å². The molecule has 4 heteroatoms. The summed E-state index contributed by atoms with van der Waals surface area (Å²) in [6.07, 6.45) is 4.27. The predicted octanol–water partition coefficient (Wildman–Crippen LogP) is 7.89. The van der Waals surface area contributed by atoms with Crippen molar-refractivity contribution in [2.24, 2.45) is 0 Å². The quantitative estimate of drug-likeness (QED) is 0.164. The van der Waals surface area contributed by atoms with E-state index in [-0.39, 0.29) is 0 Å². The van der Waals surface area contributed by atoms with E-state index in [4.69, 9.17) is 0 Å². The van der Waals surface area contributed by atoms with Crippen LogP contribution in [0.3, 0.4) is 0 Å². The summed E-state index contributed by atoms with van der Waals surface area (Å²) in [4.78, 5) is 2.51. The fourth-order valence-electron chi connectivity index (χ4n) is 3.10. The second-order valence-electron chi connectivity index (χ2n) is 9.65. The topological polar surface area (TPSA) is 0 Å². The van der Waals surface area contributed by atoms with Crippen molar-refractivity contribution in [1.29, 1.82) is 0 Å². The minimum absolute atomic E-state index is 1.15. The van der Waals surface area contributed by atoms with Crippen LogP contribution in [0.25, 0.3) is 21.5 Å². The maximum absolute atomic E-state index is 3.53. The Kier molecular flexibility index (Phi) is 6.85. The lowest BCUT2D eigenvalue weighted by atomic mass is 10.00. The van der Waals surface area contributed by atoms with E-state index in [1.165, 1.54) is 31.3 Å². The molecular weight excluding hydrogens is 433 g/mol. The highest BCUT2D eigenvalue weighted by Crippen LogP contribution is 2.32. The van der Waals surface area contributed by atoms with Gasteiger partial charge in [-0.2, -0.15) is 0 Å². The Labute approximate surface area is 192 Å². The van der Waals surface area contributed by atoms with Gasteiger partial charge in [-0.05, 0) is 70.5 Å². The molecule has 3 rings (SSSR count). The molecule has 0 N–H and O–H groups in total. The van der Waals surface area contributed by atoms with Crippen molar-refractivity contribution in [2.45, 2.75) is 49.1 Å². The zero-order valence-electron chi connectivity index (χ0n) is 19.3. The van der Waals surface area contributed by atoms with Crippen molar-refractivity contribution < 1.29 is 0 Å². The Morgan fingerprint density at radius 2 is 0.867 bits per heavy atom. The molecular formula is C26H30S2Si2. The van der Waals surface area contributed by atoms with E-state index < -0.39 is 16.1 Å². The van der Waals surface area contributed by atoms with Crippen molar-refractivity contribution in [1.82, 2.24) is 0 Å². The molecule has 30 heavy (non-hydrogen) atoms. The molecule has 3 aromatic rings. The predicted molar refractivity (Wildman–Crippen MR) is 145 cm³/mol. The van der Waals surface area contributed by atoms with Crippen molar-refractivity contribution >= 4 is 61.2 Å². The fourth-order valence-corrected chi connectivity index (χ4v) is 5.27. The van der Waals surface area contributed by atoms with Gasteiger partial charge in [0.1, 0.15) is 16.1 Å². The van der Waals surface area contributed by atoms with Gasteiger partial charge in [0.2, 0.25) is 0 Å². The summed E-state index contributed by atoms with van der Waals surface area (Å²) >= 11 is 3.56. The second kappa shape index (κ2) is 8.89. The Bertz CT molecular complexity index is 1140. The van der Waals surface area contributed by atoms with E-state index in [2.05, 4.69) is 111 Å². The van der Waals surface area contributed by atoms with Crippen LogP contribution < -0.4 is 0 Å². The first-order valence-corrected chi connectivity index (χ1v) is 19.6. The Hall–Kier alpha value is -1.57. The van der Waals surface area contributed by atoms with Gasteiger partial charge >= 0.3 is 0 Å². The van der Waals surface area contributed by atoms with Crippen molar-refractivity contribution in [2.75, 3.05) is 12.5 Å². The van der Waals surface area contributed by atoms with Gasteiger partial charge in [-0.3, -0.25) is 0 Å². The number of hydrogen-bond acceptors (Lipinski definition) is 2. The molecule has 0 aliphatic heterocycles. The summed E-state index contributed by atoms with van der Waals surface area (Å²) in [6.45, 7) is 13.7. The molecule has 0 saturated heterocycles. The Balaban J connectivity index is 2.22. The third-order valence-electron chi connectivity index (χ3n) is 4.58. The molecule has 0 saturated carbocycles. The van der Waals surface area contributed by atoms with Gasteiger partial charge in [0.15, 0.2) is 0 Å². The lowest BCUT2D eigenvalue weighted by Crippen LogP contribution is -2.16. The summed E-state index contributed by atoms with van der Waals surface area (Å²) < 4.78 is 0. The van der Waals surface area contributed by atoms with Crippen LogP contribution in [0, 0.1) is 22.9 Å². The molecule has 0 aliphatic carbocycles. The number of rotatable bonds is 2. The van der Waals surface area contributed by atoms with Crippen molar-refractivity contribution in [3.8, 4) is 22.9 Å². The molecule has 0 aromatic heterocycles. The minimum Gasteiger partial charge on any atom is -0.128 e. The van der Waals surface area contributed by atoms with Crippen LogP contribution in [0.2, 0.25) is 39.3 Å². The molecule has 0 atom stereocenters. The summed E-state index contributed by atoms with van der Waals surface area (Å²) in [5, 5.41) is 5.05. The van der Waals surface area contributed by atoms with E-state index in [0.29, 0.717) is 0 Å². The lowest BCUT2D eigenvalue weighted by Gasteiger charge is -2.11. The van der Waals surface area contributed by atoms with E-state index in [9.17, 15) is 0 Å². The first-order valence-electron chi connectivity index (χ1n) is 10.2. The van der Waals surface area contributed by atoms with Gasteiger partial charge in [-0.25, -0.2) is 0 Å². The normalized spacial score (nSPS) is 11.7. The van der Waals surface area contributed by atoms with Crippen molar-refractivity contribution in [3.63, 3.8) is 0 Å². The van der Waals surface area contributed by atoms with Crippen LogP contribution >= 0.6 is 23.5 Å². The SMILES string of the molecule is CSc1cc2cc3cc(C#C[Si](C)(C)C)c(SC)cc3cc2cc1C#C[Si](C)(C)C. The van der Waals surface area contributed by atoms with Gasteiger partial charge in [-0.15, -0.1) is 34.6 Å². The fraction of sp³-hybridized carbons (Fsp3) is 0.308. The van der Waals surface area contributed by atoms with Gasteiger partial charge in [0, 0.05) is 20.9 Å². The molecule has 0 heterocycles. The molecule has 0 unspecified atom stereocenters. The first-order chi connectivity index (χ1) is 14.0. The number of hydrogen-bond donors (Lipinski definition) is 0. The van der Waals surface area contributed by atoms with Gasteiger partial charge in [0.25, 0.3) is 0 Å². The highest BCUT2D eigenvalue weighted by atomic mass is 32.2. The molecule has 0 spiro atoms. The lowest BCUT2D eigenvalue weighted by molar-refractivity contribution is 1.45. The average molecular weight is 463 g/mol. The van der Waals surface area contributed by atoms with Crippen LogP contribution in [-0.4, -0.2) is 28.7 Å². The molecule has 0 radical (unpaired) electrons. The zero-order valence-corrected chi connectivity index (χ0v) is 22.9. The average Bonchev–Trinajstić information content (AvgIpc) is 2.66.